The molecule has 1 saturated heterocycles. The number of carbonyl (C=O) groups excluding carboxylic acids is 1. The van der Waals surface area contributed by atoms with E-state index in [0.717, 1.165) is 16.8 Å². The number of carbonyl (C=O) groups is 1. The molecule has 144 valence electrons. The van der Waals surface area contributed by atoms with Gasteiger partial charge in [-0.05, 0) is 50.1 Å². The molecule has 6 heteroatoms. The van der Waals surface area contributed by atoms with E-state index < -0.39 is 6.10 Å². The zero-order valence-electron chi connectivity index (χ0n) is 16.1. The smallest absolute Gasteiger partial charge is 0.254 e. The number of aliphatic hydroxyl groups is 1. The normalized spacial score (nSPS) is 19.5. The molecule has 0 spiro atoms. The second-order valence-electron chi connectivity index (χ2n) is 7.19. The first-order chi connectivity index (χ1) is 13.0. The number of pyridine rings is 1. The first-order valence-corrected chi connectivity index (χ1v) is 9.31. The molecule has 6 nitrogen and oxygen atoms in total. The van der Waals surface area contributed by atoms with E-state index in [1.54, 1.807) is 11.1 Å². The highest BCUT2D eigenvalue weighted by molar-refractivity contribution is 5.97. The molecule has 1 aliphatic heterocycles. The number of nitrogens with zero attached hydrogens (tertiary/aromatic N) is 2. The molecule has 1 aromatic heterocycles. The Morgan fingerprint density at radius 1 is 1.33 bits per heavy atom. The van der Waals surface area contributed by atoms with Crippen molar-refractivity contribution in [3.63, 3.8) is 0 Å². The predicted molar refractivity (Wildman–Crippen MR) is 105 cm³/mol. The molecule has 2 N–H and O–H groups in total. The molecule has 27 heavy (non-hydrogen) atoms. The van der Waals surface area contributed by atoms with E-state index in [1.165, 1.54) is 0 Å². The molecule has 0 aliphatic carbocycles. The minimum Gasteiger partial charge on any atom is -0.388 e. The quantitative estimate of drug-likeness (QED) is 0.819. The Bertz CT molecular complexity index is 779. The van der Waals surface area contributed by atoms with Crippen molar-refractivity contribution in [2.45, 2.75) is 45.6 Å². The Labute approximate surface area is 160 Å². The number of hydrogen-bond donors (Lipinski definition) is 2. The van der Waals surface area contributed by atoms with Gasteiger partial charge in [0.05, 0.1) is 12.2 Å². The van der Waals surface area contributed by atoms with E-state index in [0.29, 0.717) is 25.2 Å². The molecular weight excluding hydrogens is 342 g/mol. The fraction of sp³-hybridized carbons (Fsp3) is 0.429. The maximum Gasteiger partial charge on any atom is 0.254 e. The molecule has 2 aromatic rings. The standard InChI is InChI=1S/C21H27N3O3/c1-14(2)27-20-13-24(12-19(20)25)21(26)17-7-4-8-18(15(17)3)23-11-16-6-5-9-22-10-16/h4-10,14,19-20,23,25H,11-13H2,1-3H3/t19-,20-/m1/s1. The number of benzene rings is 1. The summed E-state index contributed by atoms with van der Waals surface area (Å²) in [5.74, 6) is -0.0774. The number of aliphatic hydroxyl groups excluding tert-OH is 1. The monoisotopic (exact) mass is 369 g/mol. The average Bonchev–Trinajstić information content (AvgIpc) is 3.01. The average molecular weight is 369 g/mol. The van der Waals surface area contributed by atoms with Gasteiger partial charge in [0.1, 0.15) is 6.10 Å². The molecule has 0 bridgehead atoms. The minimum absolute atomic E-state index is 0.0152. The number of amides is 1. The van der Waals surface area contributed by atoms with Crippen molar-refractivity contribution in [3.05, 3.63) is 59.4 Å². The van der Waals surface area contributed by atoms with Crippen molar-refractivity contribution < 1.29 is 14.6 Å². The number of rotatable bonds is 6. The van der Waals surface area contributed by atoms with E-state index in [-0.39, 0.29) is 18.1 Å². The summed E-state index contributed by atoms with van der Waals surface area (Å²) < 4.78 is 5.72. The summed E-state index contributed by atoms with van der Waals surface area (Å²) >= 11 is 0. The van der Waals surface area contributed by atoms with Crippen LogP contribution in [0.3, 0.4) is 0 Å². The summed E-state index contributed by atoms with van der Waals surface area (Å²) in [6.07, 6.45) is 2.60. The van der Waals surface area contributed by atoms with Crippen LogP contribution in [-0.2, 0) is 11.3 Å². The highest BCUT2D eigenvalue weighted by Gasteiger charge is 2.36. The SMILES string of the molecule is Cc1c(NCc2cccnc2)cccc1C(=O)N1C[C@@H](O)[C@H](OC(C)C)C1. The highest BCUT2D eigenvalue weighted by atomic mass is 16.5. The van der Waals surface area contributed by atoms with Gasteiger partial charge in [-0.2, -0.15) is 0 Å². The van der Waals surface area contributed by atoms with Crippen molar-refractivity contribution in [3.8, 4) is 0 Å². The minimum atomic E-state index is -0.649. The van der Waals surface area contributed by atoms with Crippen LogP contribution in [0.4, 0.5) is 5.69 Å². The van der Waals surface area contributed by atoms with Gasteiger partial charge in [0, 0.05) is 43.3 Å². The molecule has 3 rings (SSSR count). The van der Waals surface area contributed by atoms with E-state index in [9.17, 15) is 9.90 Å². The summed E-state index contributed by atoms with van der Waals surface area (Å²) in [4.78, 5) is 18.8. The Morgan fingerprint density at radius 2 is 2.15 bits per heavy atom. The summed E-state index contributed by atoms with van der Waals surface area (Å²) in [5, 5.41) is 13.6. The fourth-order valence-corrected chi connectivity index (χ4v) is 3.34. The third kappa shape index (κ3) is 4.64. The summed E-state index contributed by atoms with van der Waals surface area (Å²) in [6, 6.07) is 9.57. The van der Waals surface area contributed by atoms with Crippen LogP contribution in [0, 0.1) is 6.92 Å². The number of anilines is 1. The Kier molecular flexibility index (Phi) is 6.08. The highest BCUT2D eigenvalue weighted by Crippen LogP contribution is 2.24. The lowest BCUT2D eigenvalue weighted by molar-refractivity contribution is -0.0394. The molecule has 2 heterocycles. The van der Waals surface area contributed by atoms with Crippen molar-refractivity contribution >= 4 is 11.6 Å². The Morgan fingerprint density at radius 3 is 2.85 bits per heavy atom. The lowest BCUT2D eigenvalue weighted by Gasteiger charge is -2.20. The van der Waals surface area contributed by atoms with E-state index in [2.05, 4.69) is 10.3 Å². The topological polar surface area (TPSA) is 74.7 Å². The third-order valence-corrected chi connectivity index (χ3v) is 4.74. The first kappa shape index (κ1) is 19.3. The molecule has 2 atom stereocenters. The van der Waals surface area contributed by atoms with Crippen LogP contribution in [0.5, 0.6) is 0 Å². The van der Waals surface area contributed by atoms with Crippen LogP contribution in [0.15, 0.2) is 42.7 Å². The van der Waals surface area contributed by atoms with Gasteiger partial charge in [0.25, 0.3) is 5.91 Å². The van der Waals surface area contributed by atoms with Crippen molar-refractivity contribution in [2.75, 3.05) is 18.4 Å². The Balaban J connectivity index is 1.70. The maximum atomic E-state index is 13.0. The molecule has 1 fully saturated rings. The Hall–Kier alpha value is -2.44. The number of aromatic nitrogens is 1. The van der Waals surface area contributed by atoms with Crippen LogP contribution < -0.4 is 5.32 Å². The van der Waals surface area contributed by atoms with Crippen LogP contribution in [0.25, 0.3) is 0 Å². The maximum absolute atomic E-state index is 13.0. The number of β-amino-alcohol motifs (C(OH)–C–C–N with tert-alkyl or cyclic N) is 1. The van der Waals surface area contributed by atoms with E-state index in [4.69, 9.17) is 4.74 Å². The van der Waals surface area contributed by atoms with E-state index >= 15 is 0 Å². The number of nitrogens with one attached hydrogen (secondary N) is 1. The third-order valence-electron chi connectivity index (χ3n) is 4.74. The number of hydrogen-bond acceptors (Lipinski definition) is 5. The van der Waals surface area contributed by atoms with Crippen molar-refractivity contribution in [1.82, 2.24) is 9.88 Å². The van der Waals surface area contributed by atoms with Gasteiger partial charge in [-0.15, -0.1) is 0 Å². The molecule has 0 unspecified atom stereocenters. The van der Waals surface area contributed by atoms with E-state index in [1.807, 2.05) is 57.3 Å². The van der Waals surface area contributed by atoms with Crippen LogP contribution >= 0.6 is 0 Å². The largest absolute Gasteiger partial charge is 0.388 e. The fourth-order valence-electron chi connectivity index (χ4n) is 3.34. The number of likely N-dealkylation sites (tertiary alicyclic amines) is 1. The van der Waals surface area contributed by atoms with Crippen molar-refractivity contribution in [1.29, 1.82) is 0 Å². The summed E-state index contributed by atoms with van der Waals surface area (Å²) in [7, 11) is 0. The van der Waals surface area contributed by atoms with Gasteiger partial charge in [0.2, 0.25) is 0 Å². The zero-order chi connectivity index (χ0) is 19.4. The van der Waals surface area contributed by atoms with Gasteiger partial charge >= 0.3 is 0 Å². The lowest BCUT2D eigenvalue weighted by atomic mass is 10.1. The lowest BCUT2D eigenvalue weighted by Crippen LogP contribution is -2.31. The molecule has 1 amide bonds. The predicted octanol–water partition coefficient (Wildman–Crippen LogP) is 2.61. The first-order valence-electron chi connectivity index (χ1n) is 9.31. The molecule has 1 aromatic carbocycles. The zero-order valence-corrected chi connectivity index (χ0v) is 16.1. The number of ether oxygens (including phenoxy) is 1. The second-order valence-corrected chi connectivity index (χ2v) is 7.19. The van der Waals surface area contributed by atoms with Gasteiger partial charge in [-0.1, -0.05) is 12.1 Å². The summed E-state index contributed by atoms with van der Waals surface area (Å²) in [5.41, 5.74) is 3.53. The second kappa shape index (κ2) is 8.50. The van der Waals surface area contributed by atoms with Gasteiger partial charge < -0.3 is 20.1 Å². The summed E-state index contributed by atoms with van der Waals surface area (Å²) in [6.45, 7) is 7.14. The molecule has 0 radical (unpaired) electrons. The van der Waals surface area contributed by atoms with Gasteiger partial charge in [-0.25, -0.2) is 0 Å². The molecule has 1 aliphatic rings. The van der Waals surface area contributed by atoms with Crippen LogP contribution in [0.2, 0.25) is 0 Å². The van der Waals surface area contributed by atoms with Crippen LogP contribution in [0.1, 0.15) is 35.3 Å². The molecular formula is C21H27N3O3. The van der Waals surface area contributed by atoms with Gasteiger partial charge in [0.15, 0.2) is 0 Å². The van der Waals surface area contributed by atoms with Crippen LogP contribution in [-0.4, -0.2) is 52.3 Å². The van der Waals surface area contributed by atoms with Gasteiger partial charge in [-0.3, -0.25) is 9.78 Å². The molecule has 0 saturated carbocycles. The van der Waals surface area contributed by atoms with Crippen molar-refractivity contribution in [2.24, 2.45) is 0 Å².